The van der Waals surface area contributed by atoms with E-state index in [0.29, 0.717) is 12.1 Å². The topological polar surface area (TPSA) is 88.3 Å². The second-order valence-electron chi connectivity index (χ2n) is 6.23. The van der Waals surface area contributed by atoms with E-state index in [1.165, 1.54) is 0 Å². The molecule has 0 saturated carbocycles. The Kier molecular flexibility index (Phi) is 5.28. The fourth-order valence-electron chi connectivity index (χ4n) is 3.16. The number of nitrogens with one attached hydrogen (secondary N) is 1. The van der Waals surface area contributed by atoms with Gasteiger partial charge in [0.2, 0.25) is 11.8 Å². The molecule has 1 fully saturated rings. The Hall–Kier alpha value is -2.89. The minimum Gasteiger partial charge on any atom is -0.368 e. The monoisotopic (exact) mass is 338 g/mol. The Morgan fingerprint density at radius 2 is 1.92 bits per heavy atom. The summed E-state index contributed by atoms with van der Waals surface area (Å²) in [5, 5.41) is 2.81. The zero-order valence-corrected chi connectivity index (χ0v) is 14.0. The van der Waals surface area contributed by atoms with E-state index in [4.69, 9.17) is 5.73 Å². The molecule has 25 heavy (non-hydrogen) atoms. The first kappa shape index (κ1) is 17.0. The normalized spacial score (nSPS) is 18.4. The number of nitrogens with two attached hydrogens (primary N) is 1. The van der Waals surface area contributed by atoms with Gasteiger partial charge < -0.3 is 16.0 Å². The number of piperidine rings is 1. The number of hydrogen-bond donors (Lipinski definition) is 2. The number of nitrogens with zero attached hydrogens (tertiary/aromatic N) is 2. The van der Waals surface area contributed by atoms with Gasteiger partial charge in [0.1, 0.15) is 11.9 Å². The predicted molar refractivity (Wildman–Crippen MR) is 95.7 cm³/mol. The number of primary amides is 1. The van der Waals surface area contributed by atoms with Crippen molar-refractivity contribution in [2.45, 2.75) is 18.9 Å². The van der Waals surface area contributed by atoms with E-state index < -0.39 is 11.9 Å². The molecule has 6 nitrogen and oxygen atoms in total. The third-order valence-electron chi connectivity index (χ3n) is 4.47. The summed E-state index contributed by atoms with van der Waals surface area (Å²) in [4.78, 5) is 30.9. The molecule has 130 valence electrons. The van der Waals surface area contributed by atoms with Crippen molar-refractivity contribution in [3.8, 4) is 0 Å². The van der Waals surface area contributed by atoms with Crippen molar-refractivity contribution in [1.82, 2.24) is 10.3 Å². The minimum atomic E-state index is -0.807. The molecule has 2 aromatic rings. The molecule has 0 radical (unpaired) electrons. The lowest BCUT2D eigenvalue weighted by atomic mass is 9.96. The van der Waals surface area contributed by atoms with E-state index in [-0.39, 0.29) is 11.8 Å². The molecular weight excluding hydrogens is 316 g/mol. The number of carbonyl (C=O) groups excluding carboxylic acids is 2. The first-order valence-corrected chi connectivity index (χ1v) is 8.46. The lowest BCUT2D eigenvalue weighted by Gasteiger charge is -2.33. The largest absolute Gasteiger partial charge is 0.368 e. The summed E-state index contributed by atoms with van der Waals surface area (Å²) in [5.41, 5.74) is 6.19. The first-order valence-electron chi connectivity index (χ1n) is 8.46. The van der Waals surface area contributed by atoms with Crippen LogP contribution in [0.5, 0.6) is 0 Å². The second-order valence-corrected chi connectivity index (χ2v) is 6.23. The van der Waals surface area contributed by atoms with Crippen LogP contribution >= 0.6 is 0 Å². The van der Waals surface area contributed by atoms with Crippen molar-refractivity contribution < 1.29 is 9.59 Å². The summed E-state index contributed by atoms with van der Waals surface area (Å²) in [6, 6.07) is 14.0. The van der Waals surface area contributed by atoms with Gasteiger partial charge in [0.15, 0.2) is 0 Å². The molecule has 0 spiro atoms. The summed E-state index contributed by atoms with van der Waals surface area (Å²) in [7, 11) is 0. The number of aromatic nitrogens is 1. The number of amides is 2. The minimum absolute atomic E-state index is 0.145. The van der Waals surface area contributed by atoms with Crippen LogP contribution in [0.15, 0.2) is 54.7 Å². The van der Waals surface area contributed by atoms with Crippen molar-refractivity contribution in [2.75, 3.05) is 18.0 Å². The fourth-order valence-corrected chi connectivity index (χ4v) is 3.16. The average Bonchev–Trinajstić information content (AvgIpc) is 2.67. The number of hydrogen-bond acceptors (Lipinski definition) is 4. The molecule has 6 heteroatoms. The van der Waals surface area contributed by atoms with E-state index in [9.17, 15) is 9.59 Å². The molecule has 2 heterocycles. The highest BCUT2D eigenvalue weighted by molar-refractivity contribution is 5.88. The molecule has 1 aromatic heterocycles. The number of anilines is 1. The van der Waals surface area contributed by atoms with Gasteiger partial charge in [-0.05, 0) is 30.5 Å². The van der Waals surface area contributed by atoms with Gasteiger partial charge in [0.25, 0.3) is 0 Å². The molecule has 1 saturated heterocycles. The SMILES string of the molecule is NC(=O)[C@@H](NC(=O)[C@@H]1CCCN(c2ccccn2)C1)c1ccccc1. The first-order chi connectivity index (χ1) is 12.1. The third-order valence-corrected chi connectivity index (χ3v) is 4.47. The van der Waals surface area contributed by atoms with Gasteiger partial charge in [0.05, 0.1) is 5.92 Å². The summed E-state index contributed by atoms with van der Waals surface area (Å²) in [5.74, 6) is -0.0268. The lowest BCUT2D eigenvalue weighted by Crippen LogP contribution is -2.46. The van der Waals surface area contributed by atoms with E-state index in [1.807, 2.05) is 36.4 Å². The highest BCUT2D eigenvalue weighted by Crippen LogP contribution is 2.22. The maximum Gasteiger partial charge on any atom is 0.244 e. The van der Waals surface area contributed by atoms with Crippen molar-refractivity contribution in [3.63, 3.8) is 0 Å². The molecule has 2 atom stereocenters. The van der Waals surface area contributed by atoms with Gasteiger partial charge in [-0.2, -0.15) is 0 Å². The fraction of sp³-hybridized carbons (Fsp3) is 0.316. The van der Waals surface area contributed by atoms with Crippen LogP contribution in [0.2, 0.25) is 0 Å². The summed E-state index contributed by atoms with van der Waals surface area (Å²) in [6.07, 6.45) is 3.44. The quantitative estimate of drug-likeness (QED) is 0.867. The van der Waals surface area contributed by atoms with Crippen molar-refractivity contribution in [2.24, 2.45) is 11.7 Å². The zero-order chi connectivity index (χ0) is 17.6. The Balaban J connectivity index is 1.68. The Labute approximate surface area is 147 Å². The van der Waals surface area contributed by atoms with Gasteiger partial charge in [-0.25, -0.2) is 4.98 Å². The van der Waals surface area contributed by atoms with Crippen LogP contribution in [0.4, 0.5) is 5.82 Å². The molecule has 1 aliphatic rings. The summed E-state index contributed by atoms with van der Waals surface area (Å²) >= 11 is 0. The molecule has 0 aliphatic carbocycles. The maximum atomic E-state index is 12.7. The number of benzene rings is 1. The average molecular weight is 338 g/mol. The van der Waals surface area contributed by atoms with E-state index in [0.717, 1.165) is 25.2 Å². The van der Waals surface area contributed by atoms with E-state index in [1.54, 1.807) is 18.3 Å². The van der Waals surface area contributed by atoms with Crippen LogP contribution in [-0.2, 0) is 9.59 Å². The lowest BCUT2D eigenvalue weighted by molar-refractivity contribution is -0.130. The summed E-state index contributed by atoms with van der Waals surface area (Å²) in [6.45, 7) is 1.46. The van der Waals surface area contributed by atoms with E-state index >= 15 is 0 Å². The van der Waals surface area contributed by atoms with Crippen LogP contribution in [-0.4, -0.2) is 29.9 Å². The van der Waals surface area contributed by atoms with Crippen LogP contribution < -0.4 is 16.0 Å². The van der Waals surface area contributed by atoms with Crippen LogP contribution in [0.1, 0.15) is 24.4 Å². The Bertz CT molecular complexity index is 721. The van der Waals surface area contributed by atoms with E-state index in [2.05, 4.69) is 15.2 Å². The molecule has 0 bridgehead atoms. The third kappa shape index (κ3) is 4.15. The number of pyridine rings is 1. The van der Waals surface area contributed by atoms with Crippen molar-refractivity contribution >= 4 is 17.6 Å². The molecule has 2 amide bonds. The van der Waals surface area contributed by atoms with Gasteiger partial charge in [-0.15, -0.1) is 0 Å². The highest BCUT2D eigenvalue weighted by Gasteiger charge is 2.29. The molecule has 1 aliphatic heterocycles. The highest BCUT2D eigenvalue weighted by atomic mass is 16.2. The second kappa shape index (κ2) is 7.79. The van der Waals surface area contributed by atoms with Crippen molar-refractivity contribution in [3.05, 3.63) is 60.3 Å². The molecule has 3 N–H and O–H groups in total. The smallest absolute Gasteiger partial charge is 0.244 e. The van der Waals surface area contributed by atoms with Gasteiger partial charge >= 0.3 is 0 Å². The number of rotatable bonds is 5. The molecule has 3 rings (SSSR count). The zero-order valence-electron chi connectivity index (χ0n) is 14.0. The maximum absolute atomic E-state index is 12.7. The van der Waals surface area contributed by atoms with Gasteiger partial charge in [-0.3, -0.25) is 9.59 Å². The standard InChI is InChI=1S/C19H22N4O2/c20-18(24)17(14-7-2-1-3-8-14)22-19(25)15-9-6-12-23(13-15)16-10-4-5-11-21-16/h1-5,7-8,10-11,15,17H,6,9,12-13H2,(H2,20,24)(H,22,25)/t15-,17+/m1/s1. The predicted octanol–water partition coefficient (Wildman–Crippen LogP) is 1.64. The van der Waals surface area contributed by atoms with Crippen LogP contribution in [0.3, 0.4) is 0 Å². The molecule has 1 aromatic carbocycles. The van der Waals surface area contributed by atoms with Crippen LogP contribution in [0.25, 0.3) is 0 Å². The Morgan fingerprint density at radius 3 is 2.60 bits per heavy atom. The van der Waals surface area contributed by atoms with Gasteiger partial charge in [0, 0.05) is 19.3 Å². The molecular formula is C19H22N4O2. The van der Waals surface area contributed by atoms with Gasteiger partial charge in [-0.1, -0.05) is 36.4 Å². The Morgan fingerprint density at radius 1 is 1.16 bits per heavy atom. The molecule has 0 unspecified atom stereocenters. The summed E-state index contributed by atoms with van der Waals surface area (Å²) < 4.78 is 0. The van der Waals surface area contributed by atoms with Crippen molar-refractivity contribution in [1.29, 1.82) is 0 Å². The van der Waals surface area contributed by atoms with Crippen LogP contribution in [0, 0.1) is 5.92 Å². The number of carbonyl (C=O) groups is 2.